The first-order valence-electron chi connectivity index (χ1n) is 6.69. The summed E-state index contributed by atoms with van der Waals surface area (Å²) >= 11 is 0. The molecule has 2 aliphatic rings. The molecule has 1 aliphatic heterocycles. The Morgan fingerprint density at radius 3 is 2.50 bits per heavy atom. The van der Waals surface area contributed by atoms with Crippen LogP contribution in [0.5, 0.6) is 0 Å². The van der Waals surface area contributed by atoms with Gasteiger partial charge in [-0.2, -0.15) is 0 Å². The van der Waals surface area contributed by atoms with Crippen LogP contribution in [0.4, 0.5) is 0 Å². The van der Waals surface area contributed by atoms with Crippen molar-refractivity contribution in [1.82, 2.24) is 4.90 Å². The highest BCUT2D eigenvalue weighted by molar-refractivity contribution is 4.97. The van der Waals surface area contributed by atoms with Crippen LogP contribution in [0.15, 0.2) is 0 Å². The molecule has 0 radical (unpaired) electrons. The average Bonchev–Trinajstić information content (AvgIpc) is 2.83. The van der Waals surface area contributed by atoms with E-state index in [4.69, 9.17) is 10.5 Å². The van der Waals surface area contributed by atoms with Crippen molar-refractivity contribution in [1.29, 1.82) is 0 Å². The van der Waals surface area contributed by atoms with E-state index in [1.807, 2.05) is 0 Å². The highest BCUT2D eigenvalue weighted by Gasteiger charge is 2.40. The van der Waals surface area contributed by atoms with Crippen molar-refractivity contribution < 1.29 is 4.74 Å². The van der Waals surface area contributed by atoms with Crippen LogP contribution in [-0.4, -0.2) is 43.3 Å². The minimum absolute atomic E-state index is 0.255. The van der Waals surface area contributed by atoms with Crippen LogP contribution in [0.3, 0.4) is 0 Å². The monoisotopic (exact) mass is 226 g/mol. The van der Waals surface area contributed by atoms with Crippen molar-refractivity contribution >= 4 is 0 Å². The van der Waals surface area contributed by atoms with Gasteiger partial charge in [0.2, 0.25) is 0 Å². The van der Waals surface area contributed by atoms with Gasteiger partial charge >= 0.3 is 0 Å². The van der Waals surface area contributed by atoms with Gasteiger partial charge in [-0.3, -0.25) is 4.90 Å². The number of hydrogen-bond donors (Lipinski definition) is 1. The molecule has 0 aromatic heterocycles. The van der Waals surface area contributed by atoms with Crippen molar-refractivity contribution in [3.05, 3.63) is 0 Å². The van der Waals surface area contributed by atoms with Crippen LogP contribution in [0.2, 0.25) is 0 Å². The number of nitrogens with two attached hydrogens (primary N) is 1. The van der Waals surface area contributed by atoms with Crippen LogP contribution in [0.25, 0.3) is 0 Å². The summed E-state index contributed by atoms with van der Waals surface area (Å²) < 4.78 is 5.50. The van der Waals surface area contributed by atoms with E-state index in [0.717, 1.165) is 25.7 Å². The number of likely N-dealkylation sites (N-methyl/N-ethyl adjacent to an activating group) is 1. The molecule has 0 aromatic rings. The molecule has 0 amide bonds. The van der Waals surface area contributed by atoms with E-state index in [1.165, 1.54) is 32.1 Å². The quantitative estimate of drug-likeness (QED) is 0.794. The van der Waals surface area contributed by atoms with Crippen molar-refractivity contribution in [2.24, 2.45) is 11.7 Å². The molecular formula is C13H26N2O. The van der Waals surface area contributed by atoms with E-state index >= 15 is 0 Å². The number of hydrogen-bond acceptors (Lipinski definition) is 3. The van der Waals surface area contributed by atoms with E-state index in [-0.39, 0.29) is 5.54 Å². The topological polar surface area (TPSA) is 38.5 Å². The molecule has 0 spiro atoms. The van der Waals surface area contributed by atoms with Gasteiger partial charge in [-0.25, -0.2) is 0 Å². The first-order valence-corrected chi connectivity index (χ1v) is 6.69. The Labute approximate surface area is 99.3 Å². The summed E-state index contributed by atoms with van der Waals surface area (Å²) in [5, 5.41) is 0. The Hall–Kier alpha value is -0.120. The molecule has 1 saturated heterocycles. The third kappa shape index (κ3) is 2.27. The fourth-order valence-corrected chi connectivity index (χ4v) is 3.22. The first-order chi connectivity index (χ1) is 7.68. The zero-order valence-corrected chi connectivity index (χ0v) is 10.7. The van der Waals surface area contributed by atoms with Gasteiger partial charge in [-0.15, -0.1) is 0 Å². The molecule has 1 atom stereocenters. The molecular weight excluding hydrogens is 200 g/mol. The standard InChI is InChI=1S/C13H26N2O/c1-11-3-6-13(10-14,7-4-11)15(2)12-5-8-16-9-12/h11-12H,3-10,14H2,1-2H3. The first kappa shape index (κ1) is 12.3. The lowest BCUT2D eigenvalue weighted by Crippen LogP contribution is -2.57. The van der Waals surface area contributed by atoms with Crippen molar-refractivity contribution in [3.8, 4) is 0 Å². The van der Waals surface area contributed by atoms with E-state index in [2.05, 4.69) is 18.9 Å². The van der Waals surface area contributed by atoms with Crippen LogP contribution in [0.1, 0.15) is 39.0 Å². The Morgan fingerprint density at radius 2 is 2.00 bits per heavy atom. The number of ether oxygens (including phenoxy) is 1. The van der Waals surface area contributed by atoms with Crippen molar-refractivity contribution in [3.63, 3.8) is 0 Å². The molecule has 1 aliphatic carbocycles. The second-order valence-corrected chi connectivity index (χ2v) is 5.74. The zero-order valence-electron chi connectivity index (χ0n) is 10.7. The second kappa shape index (κ2) is 5.03. The normalized spacial score (nSPS) is 40.5. The fourth-order valence-electron chi connectivity index (χ4n) is 3.22. The number of nitrogens with zero attached hydrogens (tertiary/aromatic N) is 1. The van der Waals surface area contributed by atoms with Gasteiger partial charge in [-0.05, 0) is 45.1 Å². The summed E-state index contributed by atoms with van der Waals surface area (Å²) in [5.74, 6) is 0.882. The third-order valence-corrected chi connectivity index (χ3v) is 4.79. The van der Waals surface area contributed by atoms with E-state index in [1.54, 1.807) is 0 Å². The van der Waals surface area contributed by atoms with E-state index in [0.29, 0.717) is 6.04 Å². The minimum atomic E-state index is 0.255. The second-order valence-electron chi connectivity index (χ2n) is 5.74. The van der Waals surface area contributed by atoms with Crippen LogP contribution in [-0.2, 0) is 4.74 Å². The maximum atomic E-state index is 6.07. The van der Waals surface area contributed by atoms with Gasteiger partial charge in [0.25, 0.3) is 0 Å². The SMILES string of the molecule is CC1CCC(CN)(N(C)C2CCOC2)CC1. The Bertz CT molecular complexity index is 218. The molecule has 1 heterocycles. The molecule has 2 rings (SSSR count). The molecule has 0 aromatic carbocycles. The van der Waals surface area contributed by atoms with Gasteiger partial charge in [0, 0.05) is 24.7 Å². The average molecular weight is 226 g/mol. The molecule has 3 heteroatoms. The zero-order chi connectivity index (χ0) is 11.6. The molecule has 3 nitrogen and oxygen atoms in total. The van der Waals surface area contributed by atoms with Crippen LogP contribution >= 0.6 is 0 Å². The lowest BCUT2D eigenvalue weighted by molar-refractivity contribution is 0.0274. The van der Waals surface area contributed by atoms with Crippen molar-refractivity contribution in [2.75, 3.05) is 26.8 Å². The highest BCUT2D eigenvalue weighted by atomic mass is 16.5. The van der Waals surface area contributed by atoms with Gasteiger partial charge in [0.05, 0.1) is 6.61 Å². The Kier molecular flexibility index (Phi) is 3.88. The summed E-state index contributed by atoms with van der Waals surface area (Å²) in [6, 6.07) is 0.594. The maximum absolute atomic E-state index is 6.07. The Morgan fingerprint density at radius 1 is 1.31 bits per heavy atom. The van der Waals surface area contributed by atoms with E-state index in [9.17, 15) is 0 Å². The molecule has 94 valence electrons. The summed E-state index contributed by atoms with van der Waals surface area (Å²) in [4.78, 5) is 2.53. The lowest BCUT2D eigenvalue weighted by Gasteiger charge is -2.47. The predicted molar refractivity (Wildman–Crippen MR) is 66.4 cm³/mol. The summed E-state index contributed by atoms with van der Waals surface area (Å²) in [7, 11) is 2.25. The maximum Gasteiger partial charge on any atom is 0.0622 e. The lowest BCUT2D eigenvalue weighted by atomic mass is 9.75. The molecule has 2 N–H and O–H groups in total. The smallest absolute Gasteiger partial charge is 0.0622 e. The summed E-state index contributed by atoms with van der Waals surface area (Å²) in [6.45, 7) is 4.98. The molecule has 1 saturated carbocycles. The molecule has 0 bridgehead atoms. The van der Waals surface area contributed by atoms with Gasteiger partial charge < -0.3 is 10.5 Å². The molecule has 16 heavy (non-hydrogen) atoms. The van der Waals surface area contributed by atoms with Gasteiger partial charge in [0.1, 0.15) is 0 Å². The molecule has 1 unspecified atom stereocenters. The fraction of sp³-hybridized carbons (Fsp3) is 1.00. The third-order valence-electron chi connectivity index (χ3n) is 4.79. The minimum Gasteiger partial charge on any atom is -0.380 e. The van der Waals surface area contributed by atoms with Crippen molar-refractivity contribution in [2.45, 2.75) is 50.6 Å². The van der Waals surface area contributed by atoms with Gasteiger partial charge in [-0.1, -0.05) is 6.92 Å². The van der Waals surface area contributed by atoms with E-state index < -0.39 is 0 Å². The Balaban J connectivity index is 2.02. The number of rotatable bonds is 3. The predicted octanol–water partition coefficient (Wildman–Crippen LogP) is 1.61. The highest BCUT2D eigenvalue weighted by Crippen LogP contribution is 2.37. The summed E-state index contributed by atoms with van der Waals surface area (Å²) in [5.41, 5.74) is 6.32. The van der Waals surface area contributed by atoms with Gasteiger partial charge in [0.15, 0.2) is 0 Å². The van der Waals surface area contributed by atoms with Crippen LogP contribution < -0.4 is 5.73 Å². The van der Waals surface area contributed by atoms with Crippen LogP contribution in [0, 0.1) is 5.92 Å². The largest absolute Gasteiger partial charge is 0.380 e. The molecule has 2 fully saturated rings. The summed E-state index contributed by atoms with van der Waals surface area (Å²) in [6.07, 6.45) is 6.35.